The summed E-state index contributed by atoms with van der Waals surface area (Å²) in [6.45, 7) is 13.5. The van der Waals surface area contributed by atoms with E-state index in [-0.39, 0.29) is 5.91 Å². The number of pyridine rings is 1. The summed E-state index contributed by atoms with van der Waals surface area (Å²) in [5, 5.41) is 3.01. The van der Waals surface area contributed by atoms with Crippen molar-refractivity contribution in [3.8, 4) is 0 Å². The fraction of sp³-hybridized carbons (Fsp3) is 0.543. The van der Waals surface area contributed by atoms with Gasteiger partial charge < -0.3 is 14.2 Å². The summed E-state index contributed by atoms with van der Waals surface area (Å²) in [4.78, 5) is 25.1. The Balaban J connectivity index is 0.000000465. The molecule has 2 aromatic heterocycles. The number of hydrogen-bond acceptors (Lipinski definition) is 5. The van der Waals surface area contributed by atoms with Gasteiger partial charge in [0.15, 0.2) is 5.71 Å². The van der Waals surface area contributed by atoms with Crippen molar-refractivity contribution >= 4 is 39.9 Å². The lowest BCUT2D eigenvalue weighted by Crippen LogP contribution is -2.45. The number of carbonyl (C=O) groups excluding carboxylic acids is 1. The van der Waals surface area contributed by atoms with Gasteiger partial charge in [-0.05, 0) is 43.2 Å². The molecule has 0 radical (unpaired) electrons. The van der Waals surface area contributed by atoms with Gasteiger partial charge in [0.05, 0.1) is 30.3 Å². The van der Waals surface area contributed by atoms with Gasteiger partial charge in [-0.15, -0.1) is 0 Å². The molecule has 1 N–H and O–H groups in total. The van der Waals surface area contributed by atoms with E-state index < -0.39 is 0 Å². The smallest absolute Gasteiger partial charge is 0.258 e. The van der Waals surface area contributed by atoms with E-state index in [1.165, 1.54) is 44.2 Å². The van der Waals surface area contributed by atoms with Crippen LogP contribution in [0.4, 0.5) is 11.6 Å². The molecule has 1 aliphatic carbocycles. The minimum absolute atomic E-state index is 0.215. The first-order valence-corrected chi connectivity index (χ1v) is 16.0. The number of carbonyl (C=O) groups is 1. The zero-order valence-corrected chi connectivity index (χ0v) is 27.6. The van der Waals surface area contributed by atoms with Crippen molar-refractivity contribution in [2.45, 2.75) is 79.6 Å². The van der Waals surface area contributed by atoms with Gasteiger partial charge in [-0.25, -0.2) is 9.56 Å². The summed E-state index contributed by atoms with van der Waals surface area (Å²) in [5.41, 5.74) is 7.14. The molecule has 4 heterocycles. The number of rotatable bonds is 5. The number of ether oxygens (including phenoxy) is 1. The first-order valence-electron chi connectivity index (χ1n) is 16.0. The van der Waals surface area contributed by atoms with Crippen molar-refractivity contribution in [1.82, 2.24) is 14.5 Å². The zero-order valence-electron chi connectivity index (χ0n) is 27.6. The van der Waals surface area contributed by atoms with Crippen LogP contribution in [0.1, 0.15) is 94.4 Å². The molecule has 8 heteroatoms. The van der Waals surface area contributed by atoms with E-state index in [0.717, 1.165) is 71.4 Å². The van der Waals surface area contributed by atoms with E-state index in [1.54, 1.807) is 13.2 Å². The Labute approximate surface area is 257 Å². The third kappa shape index (κ3) is 7.64. The number of amides is 1. The number of imidazole rings is 1. The molecule has 3 aliphatic rings. The third-order valence-electron chi connectivity index (χ3n) is 8.37. The lowest BCUT2D eigenvalue weighted by atomic mass is 9.99. The third-order valence-corrected chi connectivity index (χ3v) is 8.37. The molecule has 8 nitrogen and oxygen atoms in total. The Morgan fingerprint density at radius 3 is 2.30 bits per heavy atom. The molecule has 1 saturated carbocycles. The normalized spacial score (nSPS) is 16.8. The Kier molecular flexibility index (Phi) is 11.0. The van der Waals surface area contributed by atoms with Crippen LogP contribution in [0.2, 0.25) is 0 Å². The minimum atomic E-state index is -0.215. The van der Waals surface area contributed by atoms with Crippen LogP contribution < -0.4 is 10.2 Å². The lowest BCUT2D eigenvalue weighted by molar-refractivity contribution is -0.497. The maximum absolute atomic E-state index is 13.3. The fourth-order valence-electron chi connectivity index (χ4n) is 5.87. The van der Waals surface area contributed by atoms with Crippen molar-refractivity contribution in [2.24, 2.45) is 13.0 Å². The number of aromatic nitrogens is 3. The number of nitrogens with zero attached hydrogens (tertiary/aromatic N) is 5. The minimum Gasteiger partial charge on any atom is -0.500 e. The monoisotopic (exact) mass is 587 g/mol. The van der Waals surface area contributed by atoms with E-state index in [1.807, 2.05) is 30.7 Å². The number of allylic oxidation sites excluding steroid dienone is 1. The first kappa shape index (κ1) is 32.2. The van der Waals surface area contributed by atoms with Crippen LogP contribution in [0.3, 0.4) is 0 Å². The molecule has 2 fully saturated rings. The van der Waals surface area contributed by atoms with Crippen LogP contribution in [0.15, 0.2) is 36.1 Å². The van der Waals surface area contributed by atoms with E-state index in [9.17, 15) is 4.79 Å². The number of aryl methyl sites for hydroxylation is 2. The number of nitrogens with one attached hydrogen (secondary N) is 1. The summed E-state index contributed by atoms with van der Waals surface area (Å²) in [6.07, 6.45) is 9.55. The molecule has 43 heavy (non-hydrogen) atoms. The van der Waals surface area contributed by atoms with Crippen LogP contribution in [-0.2, 0) is 11.8 Å². The second-order valence-corrected chi connectivity index (χ2v) is 12.2. The van der Waals surface area contributed by atoms with Crippen molar-refractivity contribution in [1.29, 1.82) is 0 Å². The molecule has 2 aliphatic heterocycles. The van der Waals surface area contributed by atoms with Crippen LogP contribution in [0.25, 0.3) is 16.6 Å². The molecular formula is C35H51N6O2+. The standard InChI is InChI=1S/C27H32N6O2.C5H10.C3H8/c1-16-14-33(15-16)20-7-8-21-23(13-20)32(5)27(29-21)30-26(34)19-11-17(2)28-22(12-19)25-18(3)31(4)10-9-24(25)35-6;1-2-4-5-3-1;1-3-2/h7-8,11-13,16H,9-10,14-15H2,1-6H3;1-5H2;3H2,1-2H3/p+1. The zero-order chi connectivity index (χ0) is 31.1. The highest BCUT2D eigenvalue weighted by Crippen LogP contribution is 2.30. The van der Waals surface area contributed by atoms with Crippen molar-refractivity contribution < 1.29 is 14.1 Å². The number of fused-ring (bicyclic) bond motifs is 1. The Bertz CT molecular complexity index is 1480. The highest BCUT2D eigenvalue weighted by atomic mass is 16.5. The second kappa shape index (κ2) is 14.7. The number of methoxy groups -OCH3 is 1. The van der Waals surface area contributed by atoms with Gasteiger partial charge >= 0.3 is 0 Å². The molecule has 232 valence electrons. The van der Waals surface area contributed by atoms with Crippen LogP contribution >= 0.6 is 0 Å². The second-order valence-electron chi connectivity index (χ2n) is 12.2. The molecule has 1 saturated heterocycles. The van der Waals surface area contributed by atoms with Crippen LogP contribution in [0, 0.1) is 12.8 Å². The highest BCUT2D eigenvalue weighted by Gasteiger charge is 2.27. The molecule has 0 atom stereocenters. The van der Waals surface area contributed by atoms with E-state index in [0.29, 0.717) is 11.5 Å². The van der Waals surface area contributed by atoms with Gasteiger partial charge in [0, 0.05) is 44.0 Å². The maximum atomic E-state index is 13.3. The topological polar surface area (TPSA) is 75.3 Å². The molecule has 1 aromatic carbocycles. The summed E-state index contributed by atoms with van der Waals surface area (Å²) < 4.78 is 9.81. The molecule has 0 bridgehead atoms. The van der Waals surface area contributed by atoms with Gasteiger partial charge in [-0.1, -0.05) is 59.3 Å². The molecule has 1 amide bonds. The van der Waals surface area contributed by atoms with Crippen molar-refractivity contribution in [2.75, 3.05) is 44.0 Å². The maximum Gasteiger partial charge on any atom is 0.258 e. The molecule has 0 unspecified atom stereocenters. The SMILES string of the molecule is C1CCCC1.CCC.COC1=C(c2cc(C(=O)Nc3nc4ccc(N5CC(C)C5)cc4n3C)cc(C)n2)C(C)=[N+](C)CC1. The number of benzene rings is 1. The van der Waals surface area contributed by atoms with Crippen molar-refractivity contribution in [3.63, 3.8) is 0 Å². The van der Waals surface area contributed by atoms with E-state index >= 15 is 0 Å². The Hall–Kier alpha value is -3.68. The molecule has 3 aromatic rings. The van der Waals surface area contributed by atoms with E-state index in [2.05, 4.69) is 66.7 Å². The lowest BCUT2D eigenvalue weighted by Gasteiger charge is -2.39. The first-order chi connectivity index (χ1) is 20.7. The fourth-order valence-corrected chi connectivity index (χ4v) is 5.87. The quantitative estimate of drug-likeness (QED) is 0.319. The number of anilines is 2. The predicted octanol–water partition coefficient (Wildman–Crippen LogP) is 7.22. The van der Waals surface area contributed by atoms with Gasteiger partial charge in [-0.3, -0.25) is 15.1 Å². The van der Waals surface area contributed by atoms with Crippen LogP contribution in [0.5, 0.6) is 0 Å². The predicted molar refractivity (Wildman–Crippen MR) is 178 cm³/mol. The summed E-state index contributed by atoms with van der Waals surface area (Å²) in [6, 6.07) is 9.92. The number of hydrogen-bond donors (Lipinski definition) is 1. The Morgan fingerprint density at radius 2 is 1.70 bits per heavy atom. The average Bonchev–Trinajstić information content (AvgIpc) is 3.65. The molecule has 6 rings (SSSR count). The van der Waals surface area contributed by atoms with Gasteiger partial charge in [0.2, 0.25) is 5.95 Å². The van der Waals surface area contributed by atoms with E-state index in [4.69, 9.17) is 9.72 Å². The van der Waals surface area contributed by atoms with Crippen molar-refractivity contribution in [3.05, 3.63) is 53.0 Å². The van der Waals surface area contributed by atoms with Gasteiger partial charge in [0.25, 0.3) is 5.91 Å². The largest absolute Gasteiger partial charge is 0.500 e. The molecular weight excluding hydrogens is 536 g/mol. The van der Waals surface area contributed by atoms with Crippen LogP contribution in [-0.4, -0.2) is 64.5 Å². The summed E-state index contributed by atoms with van der Waals surface area (Å²) in [7, 11) is 5.69. The van der Waals surface area contributed by atoms with Gasteiger partial charge in [0.1, 0.15) is 24.9 Å². The average molecular weight is 588 g/mol. The summed E-state index contributed by atoms with van der Waals surface area (Å²) >= 11 is 0. The highest BCUT2D eigenvalue weighted by molar-refractivity contribution is 6.21. The molecule has 0 spiro atoms. The van der Waals surface area contributed by atoms with Gasteiger partial charge in [-0.2, -0.15) is 0 Å². The Morgan fingerprint density at radius 1 is 1.05 bits per heavy atom. The summed E-state index contributed by atoms with van der Waals surface area (Å²) in [5.74, 6) is 1.93.